The lowest BCUT2D eigenvalue weighted by Crippen LogP contribution is -2.34. The van der Waals surface area contributed by atoms with Gasteiger partial charge in [0.15, 0.2) is 18.1 Å². The van der Waals surface area contributed by atoms with E-state index in [1.54, 1.807) is 30.0 Å². The number of carbonyl (C=O) groups excluding carboxylic acids is 3. The summed E-state index contributed by atoms with van der Waals surface area (Å²) in [4.78, 5) is 40.3. The molecule has 186 valence electrons. The molecule has 1 heterocycles. The lowest BCUT2D eigenvalue weighted by molar-refractivity contribution is -0.143. The highest BCUT2D eigenvalue weighted by molar-refractivity contribution is 9.10. The summed E-state index contributed by atoms with van der Waals surface area (Å²) in [6.45, 7) is 9.36. The van der Waals surface area contributed by atoms with Crippen LogP contribution in [0.4, 0.5) is 0 Å². The first-order valence-electron chi connectivity index (χ1n) is 11.0. The number of halogens is 1. The lowest BCUT2D eigenvalue weighted by Gasteiger charge is -2.20. The number of ether oxygens (including phenoxy) is 3. The monoisotopic (exact) mass is 572 g/mol. The van der Waals surface area contributed by atoms with Gasteiger partial charge in [0.05, 0.1) is 29.0 Å². The highest BCUT2D eigenvalue weighted by Crippen LogP contribution is 2.39. The molecule has 1 aliphatic rings. The second kappa shape index (κ2) is 13.7. The quantitative estimate of drug-likeness (QED) is 0.209. The summed E-state index contributed by atoms with van der Waals surface area (Å²) in [5.74, 6) is 0.115. The molecular weight excluding hydrogens is 544 g/mol. The number of benzene rings is 1. The van der Waals surface area contributed by atoms with Crippen LogP contribution in [0.15, 0.2) is 21.5 Å². The topological polar surface area (TPSA) is 85.4 Å². The summed E-state index contributed by atoms with van der Waals surface area (Å²) < 4.78 is 17.4. The maximum atomic E-state index is 12.8. The minimum absolute atomic E-state index is 0.0752. The van der Waals surface area contributed by atoms with Gasteiger partial charge in [-0.25, -0.2) is 0 Å². The molecule has 1 fully saturated rings. The molecule has 1 aliphatic heterocycles. The number of carbonyl (C=O) groups is 3. The summed E-state index contributed by atoms with van der Waals surface area (Å²) >= 11 is 9.99. The molecule has 0 spiro atoms. The largest absolute Gasteiger partial charge is 0.490 e. The van der Waals surface area contributed by atoms with Crippen molar-refractivity contribution in [2.24, 2.45) is 0 Å². The molecule has 1 aromatic rings. The molecule has 0 aromatic heterocycles. The van der Waals surface area contributed by atoms with E-state index in [1.807, 2.05) is 20.8 Å². The number of hydrogen-bond donors (Lipinski definition) is 0. The Morgan fingerprint density at radius 3 is 2.47 bits per heavy atom. The van der Waals surface area contributed by atoms with Crippen molar-refractivity contribution in [3.8, 4) is 11.5 Å². The maximum Gasteiger partial charge on any atom is 0.307 e. The molecule has 0 saturated carbocycles. The maximum absolute atomic E-state index is 12.8. The Morgan fingerprint density at radius 2 is 1.85 bits per heavy atom. The molecule has 1 aromatic carbocycles. The predicted octanol–water partition coefficient (Wildman–Crippen LogP) is 4.25. The van der Waals surface area contributed by atoms with Gasteiger partial charge in [-0.15, -0.1) is 0 Å². The van der Waals surface area contributed by atoms with E-state index in [0.29, 0.717) is 50.5 Å². The van der Waals surface area contributed by atoms with Crippen molar-refractivity contribution in [3.63, 3.8) is 0 Å². The van der Waals surface area contributed by atoms with Crippen molar-refractivity contribution >= 4 is 68.1 Å². The van der Waals surface area contributed by atoms with E-state index in [2.05, 4.69) is 15.9 Å². The van der Waals surface area contributed by atoms with Crippen LogP contribution in [0, 0.1) is 0 Å². The van der Waals surface area contributed by atoms with E-state index in [-0.39, 0.29) is 44.0 Å². The number of hydrogen-bond acceptors (Lipinski definition) is 8. The molecule has 0 aliphatic carbocycles. The number of thiocarbonyl (C=S) groups is 1. The number of nitrogens with zero attached hydrogens (tertiary/aromatic N) is 2. The van der Waals surface area contributed by atoms with Crippen molar-refractivity contribution < 1.29 is 28.6 Å². The first-order chi connectivity index (χ1) is 16.2. The fourth-order valence-corrected chi connectivity index (χ4v) is 5.04. The SMILES string of the molecule is CCOC(=O)CCN1C(=O)/C(=C\c2cc(Br)c(OCC(=O)N(CC)CC)c(OCC)c2)SC1=S. The summed E-state index contributed by atoms with van der Waals surface area (Å²) in [6, 6.07) is 3.53. The van der Waals surface area contributed by atoms with Gasteiger partial charge in [-0.1, -0.05) is 24.0 Å². The Labute approximate surface area is 218 Å². The fourth-order valence-electron chi connectivity index (χ4n) is 3.16. The first kappa shape index (κ1) is 28.1. The van der Waals surface area contributed by atoms with E-state index < -0.39 is 0 Å². The zero-order valence-electron chi connectivity index (χ0n) is 19.7. The van der Waals surface area contributed by atoms with E-state index in [1.165, 1.54) is 16.7 Å². The molecule has 2 rings (SSSR count). The summed E-state index contributed by atoms with van der Waals surface area (Å²) in [6.07, 6.45) is 1.79. The third kappa shape index (κ3) is 7.44. The van der Waals surface area contributed by atoms with Crippen LogP contribution in [0.2, 0.25) is 0 Å². The third-order valence-electron chi connectivity index (χ3n) is 4.80. The van der Waals surface area contributed by atoms with Crippen LogP contribution >= 0.6 is 39.9 Å². The van der Waals surface area contributed by atoms with Gasteiger partial charge in [-0.05, 0) is 67.4 Å². The fraction of sp³-hybridized carbons (Fsp3) is 0.478. The normalized spacial score (nSPS) is 14.5. The Bertz CT molecular complexity index is 965. The van der Waals surface area contributed by atoms with E-state index in [9.17, 15) is 14.4 Å². The minimum Gasteiger partial charge on any atom is -0.490 e. The number of esters is 1. The zero-order chi connectivity index (χ0) is 25.3. The molecule has 0 unspecified atom stereocenters. The van der Waals surface area contributed by atoms with Gasteiger partial charge in [-0.2, -0.15) is 0 Å². The lowest BCUT2D eigenvalue weighted by atomic mass is 10.1. The second-order valence-corrected chi connectivity index (χ2v) is 9.54. The molecule has 2 amide bonds. The third-order valence-corrected chi connectivity index (χ3v) is 6.77. The molecule has 1 saturated heterocycles. The van der Waals surface area contributed by atoms with Crippen LogP contribution in [0.5, 0.6) is 11.5 Å². The van der Waals surface area contributed by atoms with Crippen molar-refractivity contribution in [3.05, 3.63) is 27.1 Å². The molecule has 0 atom stereocenters. The van der Waals surface area contributed by atoms with Gasteiger partial charge in [0, 0.05) is 19.6 Å². The van der Waals surface area contributed by atoms with Crippen LogP contribution in [0.1, 0.15) is 39.7 Å². The Hall–Kier alpha value is -2.11. The highest BCUT2D eigenvalue weighted by Gasteiger charge is 2.32. The summed E-state index contributed by atoms with van der Waals surface area (Å²) in [5, 5.41) is 0. The minimum atomic E-state index is -0.374. The van der Waals surface area contributed by atoms with Crippen molar-refractivity contribution in [1.82, 2.24) is 9.80 Å². The van der Waals surface area contributed by atoms with Gasteiger partial charge in [0.1, 0.15) is 4.32 Å². The van der Waals surface area contributed by atoms with Crippen molar-refractivity contribution in [1.29, 1.82) is 0 Å². The molecule has 34 heavy (non-hydrogen) atoms. The number of amides is 2. The highest BCUT2D eigenvalue weighted by atomic mass is 79.9. The molecular formula is C23H29BrN2O6S2. The van der Waals surface area contributed by atoms with Crippen LogP contribution < -0.4 is 9.47 Å². The van der Waals surface area contributed by atoms with Gasteiger partial charge < -0.3 is 19.1 Å². The molecule has 0 radical (unpaired) electrons. The van der Waals surface area contributed by atoms with Crippen molar-refractivity contribution in [2.75, 3.05) is 39.5 Å². The van der Waals surface area contributed by atoms with E-state index >= 15 is 0 Å². The van der Waals surface area contributed by atoms with E-state index in [4.69, 9.17) is 26.4 Å². The molecule has 0 N–H and O–H groups in total. The number of rotatable bonds is 12. The smallest absolute Gasteiger partial charge is 0.307 e. The Morgan fingerprint density at radius 1 is 1.15 bits per heavy atom. The van der Waals surface area contributed by atoms with Gasteiger partial charge >= 0.3 is 5.97 Å². The average molecular weight is 574 g/mol. The standard InChI is InChI=1S/C23H29BrN2O6S2/c1-5-25(6-2)19(27)14-32-21-16(24)11-15(12-17(21)30-7-3)13-18-22(29)26(23(33)34-18)10-9-20(28)31-8-4/h11-13H,5-10,14H2,1-4H3/b18-13+. The van der Waals surface area contributed by atoms with E-state index in [0.717, 1.165) is 0 Å². The Kier molecular flexibility index (Phi) is 11.3. The number of thioether (sulfide) groups is 1. The zero-order valence-corrected chi connectivity index (χ0v) is 22.9. The van der Waals surface area contributed by atoms with Crippen molar-refractivity contribution in [2.45, 2.75) is 34.1 Å². The molecule has 0 bridgehead atoms. The van der Waals surface area contributed by atoms with Gasteiger partial charge in [0.25, 0.3) is 11.8 Å². The van der Waals surface area contributed by atoms with Gasteiger partial charge in [0.2, 0.25) is 0 Å². The first-order valence-corrected chi connectivity index (χ1v) is 13.0. The number of likely N-dealkylation sites (N-methyl/N-ethyl adjacent to an activating group) is 1. The molecule has 8 nitrogen and oxygen atoms in total. The second-order valence-electron chi connectivity index (χ2n) is 7.01. The van der Waals surface area contributed by atoms with Crippen LogP contribution in [-0.4, -0.2) is 71.4 Å². The molecule has 11 heteroatoms. The van der Waals surface area contributed by atoms with Crippen LogP contribution in [0.3, 0.4) is 0 Å². The average Bonchev–Trinajstić information content (AvgIpc) is 3.05. The van der Waals surface area contributed by atoms with Crippen LogP contribution in [0.25, 0.3) is 6.08 Å². The van der Waals surface area contributed by atoms with Crippen LogP contribution in [-0.2, 0) is 19.1 Å². The van der Waals surface area contributed by atoms with Gasteiger partial charge in [-0.3, -0.25) is 19.3 Å². The Balaban J connectivity index is 2.21. The summed E-state index contributed by atoms with van der Waals surface area (Å²) in [7, 11) is 0. The summed E-state index contributed by atoms with van der Waals surface area (Å²) in [5.41, 5.74) is 0.698. The predicted molar refractivity (Wildman–Crippen MR) is 140 cm³/mol.